The lowest BCUT2D eigenvalue weighted by Gasteiger charge is -2.05. The number of hydrogen-bond acceptors (Lipinski definition) is 2. The zero-order valence-electron chi connectivity index (χ0n) is 8.65. The fourth-order valence-electron chi connectivity index (χ4n) is 1.29. The van der Waals surface area contributed by atoms with Gasteiger partial charge < -0.3 is 5.32 Å². The molecule has 3 nitrogen and oxygen atoms in total. The number of aromatic nitrogens is 1. The number of anilines is 1. The number of amides is 1. The van der Waals surface area contributed by atoms with Crippen LogP contribution in [-0.2, 0) is 0 Å². The summed E-state index contributed by atoms with van der Waals surface area (Å²) in [6.07, 6.45) is 1.57. The molecule has 1 amide bonds. The molecule has 17 heavy (non-hydrogen) atoms. The first-order valence-corrected chi connectivity index (χ1v) is 6.01. The zero-order chi connectivity index (χ0) is 12.3. The van der Waals surface area contributed by atoms with E-state index in [1.807, 2.05) is 6.07 Å². The topological polar surface area (TPSA) is 42.0 Å². The highest BCUT2D eigenvalue weighted by Gasteiger charge is 2.08. The van der Waals surface area contributed by atoms with Crippen LogP contribution in [0.3, 0.4) is 0 Å². The normalized spacial score (nSPS) is 10.0. The molecule has 0 atom stereocenters. The molecule has 1 aromatic heterocycles. The van der Waals surface area contributed by atoms with E-state index < -0.39 is 0 Å². The Morgan fingerprint density at radius 3 is 2.82 bits per heavy atom. The first kappa shape index (κ1) is 12.1. The maximum atomic E-state index is 11.9. The van der Waals surface area contributed by atoms with E-state index in [0.29, 0.717) is 16.4 Å². The second kappa shape index (κ2) is 5.29. The number of carbonyl (C=O) groups is 1. The minimum Gasteiger partial charge on any atom is -0.305 e. The van der Waals surface area contributed by atoms with E-state index in [2.05, 4.69) is 26.2 Å². The molecule has 0 unspecified atom stereocenters. The predicted octanol–water partition coefficient (Wildman–Crippen LogP) is 3.75. The number of halogens is 2. The van der Waals surface area contributed by atoms with Crippen LogP contribution in [0.4, 0.5) is 5.82 Å². The van der Waals surface area contributed by atoms with Crippen molar-refractivity contribution in [1.29, 1.82) is 0 Å². The second-order valence-corrected chi connectivity index (χ2v) is 4.62. The van der Waals surface area contributed by atoms with Gasteiger partial charge in [-0.25, -0.2) is 4.98 Å². The summed E-state index contributed by atoms with van der Waals surface area (Å²) >= 11 is 9.21. The average molecular weight is 312 g/mol. The van der Waals surface area contributed by atoms with Crippen LogP contribution in [0.5, 0.6) is 0 Å². The van der Waals surface area contributed by atoms with Crippen molar-refractivity contribution in [3.05, 3.63) is 57.7 Å². The molecule has 0 aliphatic rings. The third kappa shape index (κ3) is 3.05. The molecule has 0 aliphatic heterocycles. The predicted molar refractivity (Wildman–Crippen MR) is 71.3 cm³/mol. The molecule has 1 aromatic carbocycles. The average Bonchev–Trinajstić information content (AvgIpc) is 2.32. The van der Waals surface area contributed by atoms with Crippen molar-refractivity contribution >= 4 is 39.3 Å². The van der Waals surface area contributed by atoms with Crippen molar-refractivity contribution in [1.82, 2.24) is 4.98 Å². The Morgan fingerprint density at radius 2 is 2.12 bits per heavy atom. The Hall–Kier alpha value is -1.39. The minimum atomic E-state index is -0.244. The van der Waals surface area contributed by atoms with E-state index in [1.54, 1.807) is 36.5 Å². The molecule has 1 N–H and O–H groups in total. The molecule has 0 saturated heterocycles. The van der Waals surface area contributed by atoms with E-state index in [4.69, 9.17) is 11.6 Å². The van der Waals surface area contributed by atoms with Crippen molar-refractivity contribution < 1.29 is 4.79 Å². The van der Waals surface area contributed by atoms with Gasteiger partial charge in [0.05, 0.1) is 5.02 Å². The highest BCUT2D eigenvalue weighted by Crippen LogP contribution is 2.19. The summed E-state index contributed by atoms with van der Waals surface area (Å²) < 4.78 is 0.845. The summed E-state index contributed by atoms with van der Waals surface area (Å²) in [6, 6.07) is 10.5. The standard InChI is InChI=1S/C12H8BrClN2O/c13-9-4-1-3-8(7-9)12(17)16-11-10(14)5-2-6-15-11/h1-7H,(H,15,16,17). The van der Waals surface area contributed by atoms with Crippen LogP contribution < -0.4 is 5.32 Å². The van der Waals surface area contributed by atoms with Gasteiger partial charge in [0.1, 0.15) is 0 Å². The van der Waals surface area contributed by atoms with E-state index in [9.17, 15) is 4.79 Å². The molecule has 1 heterocycles. The number of nitrogens with one attached hydrogen (secondary N) is 1. The fraction of sp³-hybridized carbons (Fsp3) is 0. The van der Waals surface area contributed by atoms with Gasteiger partial charge in [-0.05, 0) is 30.3 Å². The van der Waals surface area contributed by atoms with Crippen molar-refractivity contribution in [2.45, 2.75) is 0 Å². The molecule has 0 radical (unpaired) electrons. The number of pyridine rings is 1. The fourth-order valence-corrected chi connectivity index (χ4v) is 1.86. The van der Waals surface area contributed by atoms with Crippen LogP contribution in [0.25, 0.3) is 0 Å². The van der Waals surface area contributed by atoms with E-state index in [1.165, 1.54) is 0 Å². The van der Waals surface area contributed by atoms with Gasteiger partial charge in [0.25, 0.3) is 5.91 Å². The van der Waals surface area contributed by atoms with Crippen molar-refractivity contribution in [2.24, 2.45) is 0 Å². The SMILES string of the molecule is O=C(Nc1ncccc1Cl)c1cccc(Br)c1. The van der Waals surface area contributed by atoms with Gasteiger partial charge >= 0.3 is 0 Å². The molecule has 0 bridgehead atoms. The molecule has 5 heteroatoms. The molecule has 86 valence electrons. The van der Waals surface area contributed by atoms with E-state index >= 15 is 0 Å². The quantitative estimate of drug-likeness (QED) is 0.918. The summed E-state index contributed by atoms with van der Waals surface area (Å²) in [7, 11) is 0. The molecular weight excluding hydrogens is 304 g/mol. The lowest BCUT2D eigenvalue weighted by atomic mass is 10.2. The molecule has 2 aromatic rings. The Morgan fingerprint density at radius 1 is 1.29 bits per heavy atom. The summed E-state index contributed by atoms with van der Waals surface area (Å²) in [5.74, 6) is 0.117. The highest BCUT2D eigenvalue weighted by molar-refractivity contribution is 9.10. The molecule has 0 spiro atoms. The Labute approximate surface area is 112 Å². The van der Waals surface area contributed by atoms with Gasteiger partial charge in [-0.15, -0.1) is 0 Å². The van der Waals surface area contributed by atoms with Crippen LogP contribution in [0.1, 0.15) is 10.4 Å². The third-order valence-corrected chi connectivity index (χ3v) is 2.88. The summed E-state index contributed by atoms with van der Waals surface area (Å²) in [6.45, 7) is 0. The molecule has 0 saturated carbocycles. The van der Waals surface area contributed by atoms with Crippen molar-refractivity contribution in [2.75, 3.05) is 5.32 Å². The first-order chi connectivity index (χ1) is 8.16. The van der Waals surface area contributed by atoms with Crippen molar-refractivity contribution in [3.8, 4) is 0 Å². The molecule has 0 aliphatic carbocycles. The van der Waals surface area contributed by atoms with Crippen LogP contribution in [0, 0.1) is 0 Å². The second-order valence-electron chi connectivity index (χ2n) is 3.30. The summed E-state index contributed by atoms with van der Waals surface area (Å²) in [5, 5.41) is 3.06. The zero-order valence-corrected chi connectivity index (χ0v) is 11.0. The van der Waals surface area contributed by atoms with Crippen LogP contribution in [0.15, 0.2) is 47.1 Å². The van der Waals surface area contributed by atoms with Crippen molar-refractivity contribution in [3.63, 3.8) is 0 Å². The summed E-state index contributed by atoms with van der Waals surface area (Å²) in [5.41, 5.74) is 0.543. The number of nitrogens with zero attached hydrogens (tertiary/aromatic N) is 1. The largest absolute Gasteiger partial charge is 0.305 e. The van der Waals surface area contributed by atoms with Crippen LogP contribution in [-0.4, -0.2) is 10.9 Å². The smallest absolute Gasteiger partial charge is 0.256 e. The van der Waals surface area contributed by atoms with E-state index in [0.717, 1.165) is 4.47 Å². The molecular formula is C12H8BrClN2O. The Balaban J connectivity index is 2.20. The lowest BCUT2D eigenvalue weighted by molar-refractivity contribution is 0.102. The van der Waals surface area contributed by atoms with Gasteiger partial charge in [-0.2, -0.15) is 0 Å². The van der Waals surface area contributed by atoms with Crippen LogP contribution >= 0.6 is 27.5 Å². The van der Waals surface area contributed by atoms with Gasteiger partial charge in [0.15, 0.2) is 5.82 Å². The maximum Gasteiger partial charge on any atom is 0.256 e. The summed E-state index contributed by atoms with van der Waals surface area (Å²) in [4.78, 5) is 15.9. The lowest BCUT2D eigenvalue weighted by Crippen LogP contribution is -2.13. The number of hydrogen-bond donors (Lipinski definition) is 1. The highest BCUT2D eigenvalue weighted by atomic mass is 79.9. The van der Waals surface area contributed by atoms with Crippen LogP contribution in [0.2, 0.25) is 5.02 Å². The number of carbonyl (C=O) groups excluding carboxylic acids is 1. The molecule has 2 rings (SSSR count). The first-order valence-electron chi connectivity index (χ1n) is 4.84. The molecule has 0 fully saturated rings. The Kier molecular flexibility index (Phi) is 3.76. The van der Waals surface area contributed by atoms with Gasteiger partial charge in [0, 0.05) is 16.2 Å². The minimum absolute atomic E-state index is 0.244. The maximum absolute atomic E-state index is 11.9. The number of rotatable bonds is 2. The monoisotopic (exact) mass is 310 g/mol. The van der Waals surface area contributed by atoms with Gasteiger partial charge in [-0.3, -0.25) is 4.79 Å². The van der Waals surface area contributed by atoms with E-state index in [-0.39, 0.29) is 5.91 Å². The number of benzene rings is 1. The van der Waals surface area contributed by atoms with Gasteiger partial charge in [-0.1, -0.05) is 33.6 Å². The third-order valence-electron chi connectivity index (χ3n) is 2.08. The van der Waals surface area contributed by atoms with Gasteiger partial charge in [0.2, 0.25) is 0 Å². The Bertz CT molecular complexity index is 560.